The first-order valence-electron chi connectivity index (χ1n) is 7.43. The van der Waals surface area contributed by atoms with E-state index in [0.29, 0.717) is 24.0 Å². The molecule has 0 spiro atoms. The number of rotatable bonds is 7. The van der Waals surface area contributed by atoms with Crippen molar-refractivity contribution < 1.29 is 13.9 Å². The molecule has 1 aliphatic rings. The van der Waals surface area contributed by atoms with E-state index in [2.05, 4.69) is 12.2 Å². The lowest BCUT2D eigenvalue weighted by Crippen LogP contribution is -2.61. The molecule has 0 bridgehead atoms. The number of hydrogen-bond acceptors (Lipinski definition) is 3. The molecule has 0 amide bonds. The molecule has 1 N–H and O–H groups in total. The molecular formula is C16H24FNO2. The first kappa shape index (κ1) is 15.3. The van der Waals surface area contributed by atoms with E-state index in [1.54, 1.807) is 19.1 Å². The minimum atomic E-state index is -0.199. The van der Waals surface area contributed by atoms with E-state index in [0.717, 1.165) is 19.4 Å². The average molecular weight is 281 g/mol. The molecule has 3 nitrogen and oxygen atoms in total. The fraction of sp³-hybridized carbons (Fsp3) is 0.625. The number of ether oxygens (including phenoxy) is 2. The fourth-order valence-corrected chi connectivity index (χ4v) is 2.51. The Morgan fingerprint density at radius 1 is 1.35 bits per heavy atom. The summed E-state index contributed by atoms with van der Waals surface area (Å²) < 4.78 is 24.9. The van der Waals surface area contributed by atoms with Crippen molar-refractivity contribution in [3.05, 3.63) is 29.6 Å². The highest BCUT2D eigenvalue weighted by Gasteiger charge is 2.43. The predicted molar refractivity (Wildman–Crippen MR) is 77.7 cm³/mol. The Hall–Kier alpha value is -1.13. The van der Waals surface area contributed by atoms with Gasteiger partial charge >= 0.3 is 0 Å². The van der Waals surface area contributed by atoms with E-state index in [1.165, 1.54) is 6.07 Å². The smallest absolute Gasteiger partial charge is 0.128 e. The van der Waals surface area contributed by atoms with E-state index in [-0.39, 0.29) is 18.0 Å². The molecule has 1 fully saturated rings. The third kappa shape index (κ3) is 3.49. The summed E-state index contributed by atoms with van der Waals surface area (Å²) in [7, 11) is 0. The largest absolute Gasteiger partial charge is 0.488 e. The Balaban J connectivity index is 1.93. The summed E-state index contributed by atoms with van der Waals surface area (Å²) in [5, 5.41) is 3.47. The Bertz CT molecular complexity index is 438. The topological polar surface area (TPSA) is 30.5 Å². The van der Waals surface area contributed by atoms with Gasteiger partial charge in [0, 0.05) is 19.1 Å². The predicted octanol–water partition coefficient (Wildman–Crippen LogP) is 3.06. The van der Waals surface area contributed by atoms with Gasteiger partial charge in [-0.3, -0.25) is 0 Å². The third-order valence-corrected chi connectivity index (χ3v) is 3.68. The first-order chi connectivity index (χ1) is 9.65. The van der Waals surface area contributed by atoms with Crippen molar-refractivity contribution in [2.45, 2.75) is 51.9 Å². The molecule has 1 saturated carbocycles. The zero-order chi connectivity index (χ0) is 14.5. The monoisotopic (exact) mass is 281 g/mol. The Morgan fingerprint density at radius 2 is 2.15 bits per heavy atom. The second-order valence-corrected chi connectivity index (χ2v) is 5.28. The Labute approximate surface area is 120 Å². The van der Waals surface area contributed by atoms with Gasteiger partial charge in [-0.2, -0.15) is 0 Å². The van der Waals surface area contributed by atoms with Crippen LogP contribution < -0.4 is 10.1 Å². The van der Waals surface area contributed by atoms with Gasteiger partial charge in [0.2, 0.25) is 0 Å². The van der Waals surface area contributed by atoms with Crippen molar-refractivity contribution in [2.24, 2.45) is 0 Å². The number of aryl methyl sites for hydroxylation is 1. The van der Waals surface area contributed by atoms with Crippen molar-refractivity contribution in [2.75, 3.05) is 13.2 Å². The van der Waals surface area contributed by atoms with Crippen LogP contribution in [0.15, 0.2) is 18.2 Å². The van der Waals surface area contributed by atoms with E-state index in [4.69, 9.17) is 9.47 Å². The van der Waals surface area contributed by atoms with Crippen LogP contribution in [0.4, 0.5) is 4.39 Å². The summed E-state index contributed by atoms with van der Waals surface area (Å²) in [6, 6.07) is 5.23. The van der Waals surface area contributed by atoms with Gasteiger partial charge in [-0.25, -0.2) is 4.39 Å². The quantitative estimate of drug-likeness (QED) is 0.833. The molecule has 1 aromatic rings. The lowest BCUT2D eigenvalue weighted by atomic mass is 9.85. The molecule has 2 rings (SSSR count). The molecule has 1 aromatic carbocycles. The zero-order valence-electron chi connectivity index (χ0n) is 12.5. The number of hydrogen-bond donors (Lipinski definition) is 1. The molecule has 112 valence electrons. The molecule has 20 heavy (non-hydrogen) atoms. The maximum atomic E-state index is 13.2. The maximum absolute atomic E-state index is 13.2. The van der Waals surface area contributed by atoms with Crippen LogP contribution in [0.2, 0.25) is 0 Å². The molecule has 0 radical (unpaired) electrons. The van der Waals surface area contributed by atoms with Crippen molar-refractivity contribution in [3.63, 3.8) is 0 Å². The highest BCUT2D eigenvalue weighted by Crippen LogP contribution is 2.30. The van der Waals surface area contributed by atoms with Crippen molar-refractivity contribution >= 4 is 0 Å². The molecule has 1 aliphatic carbocycles. The van der Waals surface area contributed by atoms with Crippen molar-refractivity contribution in [1.29, 1.82) is 0 Å². The molecule has 4 heteroatoms. The SMILES string of the molecule is CCCNC1CC(Oc2ccc(F)c(C)c2)C1OCC. The van der Waals surface area contributed by atoms with Gasteiger partial charge in [0.15, 0.2) is 0 Å². The van der Waals surface area contributed by atoms with E-state index in [1.807, 2.05) is 6.92 Å². The van der Waals surface area contributed by atoms with Gasteiger partial charge in [0.05, 0.1) is 0 Å². The Morgan fingerprint density at radius 3 is 2.80 bits per heavy atom. The first-order valence-corrected chi connectivity index (χ1v) is 7.43. The summed E-state index contributed by atoms with van der Waals surface area (Å²) in [5.41, 5.74) is 0.607. The molecule has 0 aliphatic heterocycles. The lowest BCUT2D eigenvalue weighted by molar-refractivity contribution is -0.104. The average Bonchev–Trinajstić information content (AvgIpc) is 2.43. The highest BCUT2D eigenvalue weighted by atomic mass is 19.1. The van der Waals surface area contributed by atoms with Gasteiger partial charge < -0.3 is 14.8 Å². The van der Waals surface area contributed by atoms with Gasteiger partial charge in [0.1, 0.15) is 23.8 Å². The normalized spacial score (nSPS) is 25.3. The second kappa shape index (κ2) is 7.04. The molecule has 3 atom stereocenters. The number of halogens is 1. The van der Waals surface area contributed by atoms with Crippen LogP contribution in [0, 0.1) is 12.7 Å². The van der Waals surface area contributed by atoms with Crippen LogP contribution in [-0.4, -0.2) is 31.4 Å². The van der Waals surface area contributed by atoms with E-state index >= 15 is 0 Å². The van der Waals surface area contributed by atoms with Gasteiger partial charge in [-0.15, -0.1) is 0 Å². The standard InChI is InChI=1S/C16H24FNO2/c1-4-8-18-14-10-15(16(14)19-5-2)20-12-6-7-13(17)11(3)9-12/h6-7,9,14-16,18H,4-5,8,10H2,1-3H3. The van der Waals surface area contributed by atoms with Crippen LogP contribution >= 0.6 is 0 Å². The van der Waals surface area contributed by atoms with Crippen LogP contribution in [0.25, 0.3) is 0 Å². The third-order valence-electron chi connectivity index (χ3n) is 3.68. The summed E-state index contributed by atoms with van der Waals surface area (Å²) in [6.45, 7) is 7.56. The summed E-state index contributed by atoms with van der Waals surface area (Å²) in [4.78, 5) is 0. The molecule has 3 unspecified atom stereocenters. The summed E-state index contributed by atoms with van der Waals surface area (Å²) in [5.74, 6) is 0.516. The van der Waals surface area contributed by atoms with Gasteiger partial charge in [0.25, 0.3) is 0 Å². The minimum Gasteiger partial charge on any atom is -0.488 e. The van der Waals surface area contributed by atoms with Crippen LogP contribution in [0.3, 0.4) is 0 Å². The highest BCUT2D eigenvalue weighted by molar-refractivity contribution is 5.29. The van der Waals surface area contributed by atoms with Crippen LogP contribution in [0.1, 0.15) is 32.3 Å². The molecule has 0 heterocycles. The Kier molecular flexibility index (Phi) is 5.38. The van der Waals surface area contributed by atoms with Crippen LogP contribution in [-0.2, 0) is 4.74 Å². The number of benzene rings is 1. The van der Waals surface area contributed by atoms with Crippen molar-refractivity contribution in [3.8, 4) is 5.75 Å². The maximum Gasteiger partial charge on any atom is 0.128 e. The fourth-order valence-electron chi connectivity index (χ4n) is 2.51. The molecular weight excluding hydrogens is 257 g/mol. The van der Waals surface area contributed by atoms with Gasteiger partial charge in [-0.1, -0.05) is 6.92 Å². The van der Waals surface area contributed by atoms with Crippen LogP contribution in [0.5, 0.6) is 5.75 Å². The van der Waals surface area contributed by atoms with E-state index in [9.17, 15) is 4.39 Å². The molecule has 0 saturated heterocycles. The van der Waals surface area contributed by atoms with Gasteiger partial charge in [-0.05, 0) is 50.6 Å². The lowest BCUT2D eigenvalue weighted by Gasteiger charge is -2.44. The summed E-state index contributed by atoms with van der Waals surface area (Å²) in [6.07, 6.45) is 2.17. The second-order valence-electron chi connectivity index (χ2n) is 5.28. The molecule has 0 aromatic heterocycles. The number of nitrogens with one attached hydrogen (secondary N) is 1. The summed E-state index contributed by atoms with van der Waals surface area (Å²) >= 11 is 0. The van der Waals surface area contributed by atoms with Crippen molar-refractivity contribution in [1.82, 2.24) is 5.32 Å². The zero-order valence-corrected chi connectivity index (χ0v) is 12.5. The minimum absolute atomic E-state index is 0.0502. The van der Waals surface area contributed by atoms with E-state index < -0.39 is 0 Å².